The van der Waals surface area contributed by atoms with Gasteiger partial charge < -0.3 is 15.2 Å². The van der Waals surface area contributed by atoms with Crippen molar-refractivity contribution in [3.8, 4) is 11.5 Å². The number of para-hydroxylation sites is 2. The number of aliphatic hydroxyl groups is 1. The predicted molar refractivity (Wildman–Crippen MR) is 111 cm³/mol. The smallest absolute Gasteiger partial charge is 0.232 e. The van der Waals surface area contributed by atoms with Gasteiger partial charge in [0.05, 0.1) is 5.92 Å². The minimum Gasteiger partial charge on any atom is -0.457 e. The normalized spacial score (nSPS) is 13.9. The van der Waals surface area contributed by atoms with Crippen LogP contribution in [0.15, 0.2) is 66.0 Å². The average molecular weight is 394 g/mol. The van der Waals surface area contributed by atoms with E-state index in [1.165, 1.54) is 4.88 Å². The predicted octanol–water partition coefficient (Wildman–Crippen LogP) is 4.66. The molecule has 4 rings (SSSR count). The lowest BCUT2D eigenvalue weighted by Crippen LogP contribution is -2.32. The second-order valence-electron chi connectivity index (χ2n) is 6.92. The first kappa shape index (κ1) is 18.7. The molecule has 0 radical (unpaired) electrons. The number of ether oxygens (including phenoxy) is 1. The number of carbonyl (C=O) groups excluding carboxylic acids is 1. The van der Waals surface area contributed by atoms with Gasteiger partial charge in [0.1, 0.15) is 11.5 Å². The molecule has 1 atom stereocenters. The van der Waals surface area contributed by atoms with Crippen molar-refractivity contribution in [1.82, 2.24) is 5.32 Å². The van der Waals surface area contributed by atoms with E-state index in [2.05, 4.69) is 11.4 Å². The molecule has 1 aromatic heterocycles. The Balaban J connectivity index is 1.49. The fraction of sp³-hybridized carbons (Fsp3) is 0.261. The topological polar surface area (TPSA) is 58.6 Å². The number of thiophene rings is 1. The summed E-state index contributed by atoms with van der Waals surface area (Å²) in [5.74, 6) is 1.34. The number of hydrogen-bond acceptors (Lipinski definition) is 4. The highest BCUT2D eigenvalue weighted by Crippen LogP contribution is 2.43. The molecule has 1 aliphatic heterocycles. The van der Waals surface area contributed by atoms with Crippen molar-refractivity contribution in [2.75, 3.05) is 13.2 Å². The average Bonchev–Trinajstić information content (AvgIpc) is 3.26. The number of hydrogen-bond donors (Lipinski definition) is 2. The van der Waals surface area contributed by atoms with Crippen LogP contribution in [-0.2, 0) is 4.79 Å². The van der Waals surface area contributed by atoms with Crippen molar-refractivity contribution in [3.63, 3.8) is 0 Å². The van der Waals surface area contributed by atoms with Crippen LogP contribution in [0.1, 0.15) is 40.7 Å². The van der Waals surface area contributed by atoms with Gasteiger partial charge in [0.25, 0.3) is 0 Å². The molecule has 0 fully saturated rings. The molecule has 2 aromatic carbocycles. The van der Waals surface area contributed by atoms with Crippen molar-refractivity contribution in [1.29, 1.82) is 0 Å². The summed E-state index contributed by atoms with van der Waals surface area (Å²) in [5, 5.41) is 14.5. The first-order valence-corrected chi connectivity index (χ1v) is 10.4. The van der Waals surface area contributed by atoms with E-state index >= 15 is 0 Å². The lowest BCUT2D eigenvalue weighted by atomic mass is 9.87. The Hall–Kier alpha value is -2.63. The monoisotopic (exact) mass is 393 g/mol. The maximum atomic E-state index is 13.1. The molecule has 1 amide bonds. The Morgan fingerprint density at radius 2 is 1.68 bits per heavy atom. The molecule has 144 valence electrons. The Labute approximate surface area is 168 Å². The number of carbonyl (C=O) groups is 1. The second-order valence-corrected chi connectivity index (χ2v) is 7.89. The molecule has 0 bridgehead atoms. The summed E-state index contributed by atoms with van der Waals surface area (Å²) in [6.07, 6.45) is 1.51. The molecule has 28 heavy (non-hydrogen) atoms. The minimum atomic E-state index is -0.376. The summed E-state index contributed by atoms with van der Waals surface area (Å²) in [4.78, 5) is 14.4. The zero-order valence-corrected chi connectivity index (χ0v) is 16.3. The van der Waals surface area contributed by atoms with Gasteiger partial charge in [-0.05, 0) is 42.3 Å². The van der Waals surface area contributed by atoms with Crippen LogP contribution >= 0.6 is 11.3 Å². The highest BCUT2D eigenvalue weighted by atomic mass is 32.1. The Kier molecular flexibility index (Phi) is 5.74. The van der Waals surface area contributed by atoms with Gasteiger partial charge in [0, 0.05) is 29.2 Å². The van der Waals surface area contributed by atoms with Gasteiger partial charge in [0.15, 0.2) is 0 Å². The largest absolute Gasteiger partial charge is 0.457 e. The van der Waals surface area contributed by atoms with Gasteiger partial charge >= 0.3 is 0 Å². The van der Waals surface area contributed by atoms with Crippen LogP contribution in [-0.4, -0.2) is 24.2 Å². The summed E-state index contributed by atoms with van der Waals surface area (Å²) in [5.41, 5.74) is 1.78. The van der Waals surface area contributed by atoms with Crippen LogP contribution in [0.5, 0.6) is 11.5 Å². The molecule has 0 unspecified atom stereocenters. The first-order chi connectivity index (χ1) is 13.8. The fourth-order valence-electron chi connectivity index (χ4n) is 3.77. The number of benzene rings is 2. The highest BCUT2D eigenvalue weighted by molar-refractivity contribution is 7.10. The summed E-state index contributed by atoms with van der Waals surface area (Å²) < 4.78 is 5.98. The van der Waals surface area contributed by atoms with Crippen LogP contribution in [0, 0.1) is 0 Å². The SMILES string of the molecule is O=C(NCC[C@@H](CCO)c1cccs1)C1c2ccccc2Oc2ccccc21. The molecule has 0 saturated carbocycles. The molecule has 0 spiro atoms. The van der Waals surface area contributed by atoms with Crippen molar-refractivity contribution >= 4 is 17.2 Å². The number of fused-ring (bicyclic) bond motifs is 2. The van der Waals surface area contributed by atoms with Gasteiger partial charge in [-0.3, -0.25) is 4.79 Å². The maximum Gasteiger partial charge on any atom is 0.232 e. The third-order valence-corrected chi connectivity index (χ3v) is 6.19. The molecule has 5 heteroatoms. The fourth-order valence-corrected chi connectivity index (χ4v) is 4.67. The third-order valence-electron chi connectivity index (χ3n) is 5.16. The molecule has 0 aliphatic carbocycles. The maximum absolute atomic E-state index is 13.1. The lowest BCUT2D eigenvalue weighted by molar-refractivity contribution is -0.121. The summed E-state index contributed by atoms with van der Waals surface area (Å²) in [6, 6.07) is 19.5. The van der Waals surface area contributed by atoms with E-state index in [1.54, 1.807) is 11.3 Å². The molecule has 1 aliphatic rings. The molecular weight excluding hydrogens is 370 g/mol. The molecule has 3 aromatic rings. The second kappa shape index (κ2) is 8.59. The van der Waals surface area contributed by atoms with Crippen LogP contribution < -0.4 is 10.1 Å². The Bertz CT molecular complexity index is 893. The van der Waals surface area contributed by atoms with Crippen LogP contribution in [0.2, 0.25) is 0 Å². The van der Waals surface area contributed by atoms with Gasteiger partial charge in [-0.1, -0.05) is 42.5 Å². The van der Waals surface area contributed by atoms with Gasteiger partial charge in [-0.2, -0.15) is 0 Å². The Morgan fingerprint density at radius 1 is 1.00 bits per heavy atom. The van der Waals surface area contributed by atoms with Crippen molar-refractivity contribution in [2.24, 2.45) is 0 Å². The zero-order valence-electron chi connectivity index (χ0n) is 15.5. The van der Waals surface area contributed by atoms with Crippen LogP contribution in [0.4, 0.5) is 0 Å². The number of amides is 1. The number of aliphatic hydroxyl groups excluding tert-OH is 1. The third kappa shape index (κ3) is 3.81. The van der Waals surface area contributed by atoms with Crippen molar-refractivity contribution < 1.29 is 14.6 Å². The van der Waals surface area contributed by atoms with E-state index in [4.69, 9.17) is 4.74 Å². The summed E-state index contributed by atoms with van der Waals surface area (Å²) in [6.45, 7) is 0.723. The number of rotatable bonds is 7. The Morgan fingerprint density at radius 3 is 2.29 bits per heavy atom. The summed E-state index contributed by atoms with van der Waals surface area (Å²) >= 11 is 1.70. The van der Waals surface area contributed by atoms with Crippen molar-refractivity contribution in [2.45, 2.75) is 24.7 Å². The standard InChI is InChI=1S/C23H23NO3S/c25-14-12-16(21-10-5-15-28-21)11-13-24-23(26)22-17-6-1-3-8-19(17)27-20-9-4-2-7-18(20)22/h1-10,15-16,22,25H,11-14H2,(H,24,26)/t16-/m0/s1. The van der Waals surface area contributed by atoms with Crippen LogP contribution in [0.25, 0.3) is 0 Å². The summed E-state index contributed by atoms with van der Waals surface area (Å²) in [7, 11) is 0. The first-order valence-electron chi connectivity index (χ1n) is 9.55. The molecule has 4 nitrogen and oxygen atoms in total. The minimum absolute atomic E-state index is 0.0165. The quantitative estimate of drug-likeness (QED) is 0.614. The van der Waals surface area contributed by atoms with E-state index in [0.717, 1.165) is 29.0 Å². The zero-order chi connectivity index (χ0) is 19.3. The molecule has 0 saturated heterocycles. The van der Waals surface area contributed by atoms with Gasteiger partial charge in [-0.15, -0.1) is 11.3 Å². The molecular formula is C23H23NO3S. The van der Waals surface area contributed by atoms with E-state index in [0.29, 0.717) is 13.0 Å². The van der Waals surface area contributed by atoms with E-state index < -0.39 is 0 Å². The molecule has 2 heterocycles. The van der Waals surface area contributed by atoms with Crippen LogP contribution in [0.3, 0.4) is 0 Å². The lowest BCUT2D eigenvalue weighted by Gasteiger charge is -2.27. The van der Waals surface area contributed by atoms with Gasteiger partial charge in [0.2, 0.25) is 5.91 Å². The number of nitrogens with one attached hydrogen (secondary N) is 1. The van der Waals surface area contributed by atoms with E-state index in [9.17, 15) is 9.90 Å². The van der Waals surface area contributed by atoms with E-state index in [1.807, 2.05) is 60.0 Å². The molecule has 2 N–H and O–H groups in total. The highest BCUT2D eigenvalue weighted by Gasteiger charge is 2.32. The van der Waals surface area contributed by atoms with E-state index in [-0.39, 0.29) is 24.3 Å². The van der Waals surface area contributed by atoms with Gasteiger partial charge in [-0.25, -0.2) is 0 Å². The van der Waals surface area contributed by atoms with Crippen molar-refractivity contribution in [3.05, 3.63) is 82.0 Å².